The summed E-state index contributed by atoms with van der Waals surface area (Å²) in [6.45, 7) is 3.46. The summed E-state index contributed by atoms with van der Waals surface area (Å²) in [4.78, 5) is 20.4. The smallest absolute Gasteiger partial charge is 0.334 e. The first kappa shape index (κ1) is 19.5. The van der Waals surface area contributed by atoms with Crippen LogP contribution in [0.15, 0.2) is 17.3 Å². The molecular formula is C16H22N2O6S. The third-order valence-corrected chi connectivity index (χ3v) is 4.70. The van der Waals surface area contributed by atoms with Crippen molar-refractivity contribution in [2.24, 2.45) is 4.99 Å². The van der Waals surface area contributed by atoms with Crippen molar-refractivity contribution in [1.29, 1.82) is 0 Å². The highest BCUT2D eigenvalue weighted by Gasteiger charge is 2.40. The van der Waals surface area contributed by atoms with Gasteiger partial charge in [0, 0.05) is 18.9 Å². The molecule has 1 aromatic rings. The van der Waals surface area contributed by atoms with Crippen molar-refractivity contribution >= 4 is 22.8 Å². The van der Waals surface area contributed by atoms with Gasteiger partial charge in [-0.1, -0.05) is 0 Å². The molecule has 2 heterocycles. The first-order valence-corrected chi connectivity index (χ1v) is 8.68. The lowest BCUT2D eigenvalue weighted by atomic mass is 10.1. The number of aliphatic imine (C=N–C) groups is 1. The zero-order valence-electron chi connectivity index (χ0n) is 14.5. The molecule has 0 aliphatic carbocycles. The van der Waals surface area contributed by atoms with E-state index in [4.69, 9.17) is 18.9 Å². The monoisotopic (exact) mass is 370 g/mol. The summed E-state index contributed by atoms with van der Waals surface area (Å²) < 4.78 is 20.4. The number of ether oxygens (including phenoxy) is 4. The lowest BCUT2D eigenvalue weighted by Gasteiger charge is -2.15. The Bertz CT molecular complexity index is 639. The fourth-order valence-corrected chi connectivity index (χ4v) is 3.24. The highest BCUT2D eigenvalue weighted by atomic mass is 32.2. The number of thioether (sulfide) groups is 1. The van der Waals surface area contributed by atoms with Crippen LogP contribution in [0.5, 0.6) is 11.5 Å². The number of carbonyl (C=O) groups is 1. The van der Waals surface area contributed by atoms with Crippen LogP contribution in [-0.4, -0.2) is 73.0 Å². The molecule has 0 aromatic carbocycles. The molecule has 1 unspecified atom stereocenters. The van der Waals surface area contributed by atoms with Crippen molar-refractivity contribution in [3.8, 4) is 11.5 Å². The number of nitrogens with zero attached hydrogens (tertiary/aromatic N) is 2. The normalized spacial score (nSPS) is 19.6. The molecule has 0 fully saturated rings. The van der Waals surface area contributed by atoms with Crippen molar-refractivity contribution in [1.82, 2.24) is 4.98 Å². The first-order chi connectivity index (χ1) is 12.0. The number of aromatic nitrogens is 1. The Kier molecular flexibility index (Phi) is 7.03. The molecule has 0 radical (unpaired) electrons. The molecule has 0 bridgehead atoms. The Hall–Kier alpha value is -1.84. The summed E-state index contributed by atoms with van der Waals surface area (Å²) in [7, 11) is 2.93. The molecule has 138 valence electrons. The average molecular weight is 370 g/mol. The number of carbonyl (C=O) groups excluding carboxylic acids is 1. The van der Waals surface area contributed by atoms with E-state index >= 15 is 0 Å². The largest absolute Gasteiger partial charge is 0.505 e. The lowest BCUT2D eigenvalue weighted by molar-refractivity contribution is -0.145. The second-order valence-corrected chi connectivity index (χ2v) is 6.43. The van der Waals surface area contributed by atoms with Crippen molar-refractivity contribution < 1.29 is 28.8 Å². The molecule has 0 saturated carbocycles. The quantitative estimate of drug-likeness (QED) is 0.512. The number of hydrogen-bond acceptors (Lipinski definition) is 9. The molecule has 0 saturated heterocycles. The van der Waals surface area contributed by atoms with E-state index < -0.39 is 11.5 Å². The van der Waals surface area contributed by atoms with Gasteiger partial charge < -0.3 is 24.1 Å². The molecule has 9 heteroatoms. The van der Waals surface area contributed by atoms with Crippen molar-refractivity contribution in [3.63, 3.8) is 0 Å². The van der Waals surface area contributed by atoms with Crippen LogP contribution in [0.25, 0.3) is 0 Å². The number of esters is 1. The molecular weight excluding hydrogens is 348 g/mol. The SMILES string of the molecule is COCCOCCOc1cnc(C2=NC(C)(C(=O)OC)CS2)c(O)c1. The van der Waals surface area contributed by atoms with Crippen LogP contribution in [0, 0.1) is 0 Å². The molecule has 2 rings (SSSR count). The van der Waals surface area contributed by atoms with Crippen molar-refractivity contribution in [3.05, 3.63) is 18.0 Å². The Balaban J connectivity index is 1.96. The number of pyridine rings is 1. The average Bonchev–Trinajstić information content (AvgIpc) is 3.00. The van der Waals surface area contributed by atoms with Gasteiger partial charge in [-0.25, -0.2) is 9.78 Å². The highest BCUT2D eigenvalue weighted by Crippen LogP contribution is 2.34. The number of rotatable bonds is 9. The summed E-state index contributed by atoms with van der Waals surface area (Å²) in [6, 6.07) is 1.47. The third kappa shape index (κ3) is 5.07. The van der Waals surface area contributed by atoms with E-state index in [1.807, 2.05) is 0 Å². The van der Waals surface area contributed by atoms with Gasteiger partial charge in [0.15, 0.2) is 5.54 Å². The lowest BCUT2D eigenvalue weighted by Crippen LogP contribution is -2.34. The van der Waals surface area contributed by atoms with Crippen molar-refractivity contribution in [2.75, 3.05) is 46.4 Å². The minimum absolute atomic E-state index is 0.0573. The summed E-state index contributed by atoms with van der Waals surface area (Å²) in [6.07, 6.45) is 1.50. The molecule has 1 aliphatic heterocycles. The van der Waals surface area contributed by atoms with Gasteiger partial charge in [-0.05, 0) is 6.92 Å². The van der Waals surface area contributed by atoms with Crippen LogP contribution in [-0.2, 0) is 19.0 Å². The fraction of sp³-hybridized carbons (Fsp3) is 0.562. The predicted octanol–water partition coefficient (Wildman–Crippen LogP) is 1.25. The van der Waals surface area contributed by atoms with E-state index in [9.17, 15) is 9.90 Å². The molecule has 0 amide bonds. The highest BCUT2D eigenvalue weighted by molar-refractivity contribution is 8.14. The zero-order chi connectivity index (χ0) is 18.3. The van der Waals surface area contributed by atoms with Gasteiger partial charge in [-0.2, -0.15) is 0 Å². The van der Waals surface area contributed by atoms with Crippen LogP contribution < -0.4 is 4.74 Å². The number of hydrogen-bond donors (Lipinski definition) is 1. The minimum Gasteiger partial charge on any atom is -0.505 e. The van der Waals surface area contributed by atoms with Gasteiger partial charge in [-0.15, -0.1) is 11.8 Å². The Morgan fingerprint density at radius 1 is 1.32 bits per heavy atom. The second-order valence-electron chi connectivity index (χ2n) is 5.46. The molecule has 1 aliphatic rings. The molecule has 25 heavy (non-hydrogen) atoms. The minimum atomic E-state index is -0.961. The Morgan fingerprint density at radius 3 is 2.76 bits per heavy atom. The topological polar surface area (TPSA) is 99.5 Å². The molecule has 1 atom stereocenters. The predicted molar refractivity (Wildman–Crippen MR) is 93.5 cm³/mol. The Labute approximate surface area is 150 Å². The van der Waals surface area contributed by atoms with Gasteiger partial charge in [0.05, 0.1) is 33.1 Å². The Morgan fingerprint density at radius 2 is 2.08 bits per heavy atom. The van der Waals surface area contributed by atoms with Crippen LogP contribution in [0.4, 0.5) is 0 Å². The van der Waals surface area contributed by atoms with Crippen LogP contribution in [0.1, 0.15) is 12.6 Å². The molecule has 0 spiro atoms. The van der Waals surface area contributed by atoms with Gasteiger partial charge >= 0.3 is 5.97 Å². The number of aromatic hydroxyl groups is 1. The van der Waals surface area contributed by atoms with Crippen LogP contribution >= 0.6 is 11.8 Å². The summed E-state index contributed by atoms with van der Waals surface area (Å²) >= 11 is 1.35. The zero-order valence-corrected chi connectivity index (χ0v) is 15.3. The van der Waals surface area contributed by atoms with Gasteiger partial charge in [-0.3, -0.25) is 4.99 Å². The second kappa shape index (κ2) is 9.02. The van der Waals surface area contributed by atoms with E-state index in [2.05, 4.69) is 9.98 Å². The molecule has 1 aromatic heterocycles. The van der Waals surface area contributed by atoms with Gasteiger partial charge in [0.1, 0.15) is 28.8 Å². The van der Waals surface area contributed by atoms with Gasteiger partial charge in [0.25, 0.3) is 0 Å². The standard InChI is InChI=1S/C16H22N2O6S/c1-16(15(20)22-3)10-25-14(18-16)13-12(19)8-11(9-17-13)24-7-6-23-5-4-21-2/h8-9,19H,4-7,10H2,1-3H3. The maximum atomic E-state index is 11.8. The third-order valence-electron chi connectivity index (χ3n) is 3.44. The van der Waals surface area contributed by atoms with E-state index in [0.717, 1.165) is 0 Å². The van der Waals surface area contributed by atoms with E-state index in [0.29, 0.717) is 48.7 Å². The maximum absolute atomic E-state index is 11.8. The van der Waals surface area contributed by atoms with Gasteiger partial charge in [0.2, 0.25) is 0 Å². The summed E-state index contributed by atoms with van der Waals surface area (Å²) in [5.74, 6) is 0.393. The molecule has 1 N–H and O–H groups in total. The van der Waals surface area contributed by atoms with Crippen LogP contribution in [0.2, 0.25) is 0 Å². The summed E-state index contributed by atoms with van der Waals surface area (Å²) in [5.41, 5.74) is -0.640. The van der Waals surface area contributed by atoms with Crippen molar-refractivity contribution in [2.45, 2.75) is 12.5 Å². The molecule has 8 nitrogen and oxygen atoms in total. The fourth-order valence-electron chi connectivity index (χ4n) is 2.08. The van der Waals surface area contributed by atoms with E-state index in [-0.39, 0.29) is 5.75 Å². The number of methoxy groups -OCH3 is 2. The maximum Gasteiger partial charge on any atom is 0.334 e. The summed E-state index contributed by atoms with van der Waals surface area (Å²) in [5, 5.41) is 10.7. The van der Waals surface area contributed by atoms with E-state index in [1.165, 1.54) is 31.1 Å². The first-order valence-electron chi connectivity index (χ1n) is 7.70. The van der Waals surface area contributed by atoms with Crippen LogP contribution in [0.3, 0.4) is 0 Å². The van der Waals surface area contributed by atoms with E-state index in [1.54, 1.807) is 14.0 Å².